The van der Waals surface area contributed by atoms with Crippen molar-refractivity contribution in [3.05, 3.63) is 36.7 Å². The molecule has 1 aliphatic rings. The summed E-state index contributed by atoms with van der Waals surface area (Å²) in [5.41, 5.74) is 1.38. The van der Waals surface area contributed by atoms with E-state index in [4.69, 9.17) is 4.74 Å². The lowest BCUT2D eigenvalue weighted by molar-refractivity contribution is 0.262. The lowest BCUT2D eigenvalue weighted by Crippen LogP contribution is -2.19. The molecule has 1 fully saturated rings. The molecule has 0 spiro atoms. The van der Waals surface area contributed by atoms with Gasteiger partial charge >= 0.3 is 6.03 Å². The van der Waals surface area contributed by atoms with E-state index in [1.165, 1.54) is 12.8 Å². The standard InChI is InChI=1S/C16H20N4O2/c1-2-22-15-5-3-4-13(8-15)18-16(21)19-14-9-17-20(11-14)10-12-6-7-12/h3-5,8-9,11-12H,2,6-7,10H2,1H3,(H2,18,19,21). The zero-order valence-electron chi connectivity index (χ0n) is 12.6. The van der Waals surface area contributed by atoms with Crippen LogP contribution in [0.1, 0.15) is 19.8 Å². The summed E-state index contributed by atoms with van der Waals surface area (Å²) >= 11 is 0. The zero-order valence-corrected chi connectivity index (χ0v) is 12.6. The van der Waals surface area contributed by atoms with Crippen molar-refractivity contribution in [3.8, 4) is 5.75 Å². The van der Waals surface area contributed by atoms with E-state index in [1.54, 1.807) is 12.3 Å². The smallest absolute Gasteiger partial charge is 0.323 e. The van der Waals surface area contributed by atoms with E-state index in [1.807, 2.05) is 36.0 Å². The summed E-state index contributed by atoms with van der Waals surface area (Å²) in [5, 5.41) is 9.82. The Balaban J connectivity index is 1.55. The summed E-state index contributed by atoms with van der Waals surface area (Å²) < 4.78 is 7.29. The predicted octanol–water partition coefficient (Wildman–Crippen LogP) is 3.34. The third kappa shape index (κ3) is 4.00. The van der Waals surface area contributed by atoms with Crippen molar-refractivity contribution in [3.63, 3.8) is 0 Å². The molecule has 1 saturated carbocycles. The van der Waals surface area contributed by atoms with Crippen LogP contribution in [0.25, 0.3) is 0 Å². The van der Waals surface area contributed by atoms with Gasteiger partial charge in [0.2, 0.25) is 0 Å². The average molecular weight is 300 g/mol. The maximum absolute atomic E-state index is 12.0. The Morgan fingerprint density at radius 2 is 2.18 bits per heavy atom. The molecule has 116 valence electrons. The van der Waals surface area contributed by atoms with E-state index in [2.05, 4.69) is 15.7 Å². The molecule has 2 N–H and O–H groups in total. The van der Waals surface area contributed by atoms with Crippen molar-refractivity contribution in [2.24, 2.45) is 5.92 Å². The summed E-state index contributed by atoms with van der Waals surface area (Å²) in [6.07, 6.45) is 6.08. The Hall–Kier alpha value is -2.50. The van der Waals surface area contributed by atoms with Crippen LogP contribution in [-0.2, 0) is 6.54 Å². The van der Waals surface area contributed by atoms with Crippen LogP contribution >= 0.6 is 0 Å². The molecule has 1 aromatic heterocycles. The van der Waals surface area contributed by atoms with Crippen molar-refractivity contribution in [2.75, 3.05) is 17.2 Å². The van der Waals surface area contributed by atoms with E-state index in [0.29, 0.717) is 18.0 Å². The van der Waals surface area contributed by atoms with Gasteiger partial charge in [-0.15, -0.1) is 0 Å². The average Bonchev–Trinajstić information content (AvgIpc) is 3.19. The van der Waals surface area contributed by atoms with Crippen molar-refractivity contribution in [1.29, 1.82) is 0 Å². The number of carbonyl (C=O) groups is 1. The lowest BCUT2D eigenvalue weighted by atomic mass is 10.3. The zero-order chi connectivity index (χ0) is 15.4. The minimum atomic E-state index is -0.292. The molecule has 0 bridgehead atoms. The molecular formula is C16H20N4O2. The number of carbonyl (C=O) groups excluding carboxylic acids is 1. The number of aromatic nitrogens is 2. The van der Waals surface area contributed by atoms with Gasteiger partial charge in [-0.3, -0.25) is 4.68 Å². The van der Waals surface area contributed by atoms with Gasteiger partial charge in [-0.1, -0.05) is 6.07 Å². The first-order valence-corrected chi connectivity index (χ1v) is 7.56. The Morgan fingerprint density at radius 1 is 1.36 bits per heavy atom. The normalized spacial score (nSPS) is 13.7. The quantitative estimate of drug-likeness (QED) is 0.859. The van der Waals surface area contributed by atoms with E-state index in [0.717, 1.165) is 18.2 Å². The molecule has 0 radical (unpaired) electrons. The fourth-order valence-corrected chi connectivity index (χ4v) is 2.22. The van der Waals surface area contributed by atoms with Crippen molar-refractivity contribution < 1.29 is 9.53 Å². The summed E-state index contributed by atoms with van der Waals surface area (Å²) in [7, 11) is 0. The Labute approximate surface area is 129 Å². The topological polar surface area (TPSA) is 68.2 Å². The monoisotopic (exact) mass is 300 g/mol. The third-order valence-electron chi connectivity index (χ3n) is 3.44. The van der Waals surface area contributed by atoms with Crippen LogP contribution in [0.3, 0.4) is 0 Å². The highest BCUT2D eigenvalue weighted by molar-refractivity contribution is 5.99. The number of amides is 2. The molecule has 0 atom stereocenters. The van der Waals surface area contributed by atoms with Crippen LogP contribution in [-0.4, -0.2) is 22.4 Å². The van der Waals surface area contributed by atoms with Gasteiger partial charge in [0, 0.05) is 24.5 Å². The maximum atomic E-state index is 12.0. The number of hydrogen-bond donors (Lipinski definition) is 2. The minimum Gasteiger partial charge on any atom is -0.494 e. The Morgan fingerprint density at radius 3 is 2.95 bits per heavy atom. The Kier molecular flexibility index (Phi) is 4.27. The number of nitrogens with zero attached hydrogens (tertiary/aromatic N) is 2. The first kappa shape index (κ1) is 14.4. The van der Waals surface area contributed by atoms with Gasteiger partial charge in [-0.2, -0.15) is 5.10 Å². The number of benzene rings is 1. The fraction of sp³-hybridized carbons (Fsp3) is 0.375. The summed E-state index contributed by atoms with van der Waals surface area (Å²) in [6, 6.07) is 7.01. The SMILES string of the molecule is CCOc1cccc(NC(=O)Nc2cnn(CC3CC3)c2)c1. The molecule has 2 aromatic rings. The van der Waals surface area contributed by atoms with Gasteiger partial charge < -0.3 is 15.4 Å². The van der Waals surface area contributed by atoms with Crippen LogP contribution in [0, 0.1) is 5.92 Å². The van der Waals surface area contributed by atoms with Crippen molar-refractivity contribution in [1.82, 2.24) is 9.78 Å². The van der Waals surface area contributed by atoms with Gasteiger partial charge in [0.05, 0.1) is 18.5 Å². The molecule has 3 rings (SSSR count). The van der Waals surface area contributed by atoms with Crippen molar-refractivity contribution in [2.45, 2.75) is 26.3 Å². The molecule has 6 heteroatoms. The molecule has 1 aliphatic carbocycles. The van der Waals surface area contributed by atoms with E-state index in [9.17, 15) is 4.79 Å². The molecule has 0 unspecified atom stereocenters. The molecule has 1 aromatic carbocycles. The number of rotatable bonds is 6. The highest BCUT2D eigenvalue weighted by atomic mass is 16.5. The molecule has 1 heterocycles. The largest absolute Gasteiger partial charge is 0.494 e. The highest BCUT2D eigenvalue weighted by Crippen LogP contribution is 2.30. The molecular weight excluding hydrogens is 280 g/mol. The fourth-order valence-electron chi connectivity index (χ4n) is 2.22. The summed E-state index contributed by atoms with van der Waals surface area (Å²) in [6.45, 7) is 3.45. The summed E-state index contributed by atoms with van der Waals surface area (Å²) in [5.74, 6) is 1.49. The third-order valence-corrected chi connectivity index (χ3v) is 3.44. The van der Waals surface area contributed by atoms with Gasteiger partial charge in [0.25, 0.3) is 0 Å². The number of ether oxygens (including phenoxy) is 1. The van der Waals surface area contributed by atoms with Gasteiger partial charge in [0.15, 0.2) is 0 Å². The second kappa shape index (κ2) is 6.51. The molecule has 22 heavy (non-hydrogen) atoms. The van der Waals surface area contributed by atoms with Gasteiger partial charge in [-0.05, 0) is 37.8 Å². The molecule has 2 amide bonds. The van der Waals surface area contributed by atoms with Gasteiger partial charge in [0.1, 0.15) is 5.75 Å². The molecule has 0 aliphatic heterocycles. The van der Waals surface area contributed by atoms with E-state index < -0.39 is 0 Å². The minimum absolute atomic E-state index is 0.292. The van der Waals surface area contributed by atoms with E-state index in [-0.39, 0.29) is 6.03 Å². The highest BCUT2D eigenvalue weighted by Gasteiger charge is 2.22. The number of urea groups is 1. The van der Waals surface area contributed by atoms with Crippen LogP contribution in [0.5, 0.6) is 5.75 Å². The lowest BCUT2D eigenvalue weighted by Gasteiger charge is -2.08. The Bertz CT molecular complexity index is 649. The second-order valence-electron chi connectivity index (χ2n) is 5.43. The first-order chi connectivity index (χ1) is 10.7. The number of hydrogen-bond acceptors (Lipinski definition) is 3. The summed E-state index contributed by atoms with van der Waals surface area (Å²) in [4.78, 5) is 12.0. The molecule has 0 saturated heterocycles. The second-order valence-corrected chi connectivity index (χ2v) is 5.43. The maximum Gasteiger partial charge on any atom is 0.323 e. The van der Waals surface area contributed by atoms with Gasteiger partial charge in [-0.25, -0.2) is 4.79 Å². The number of nitrogens with one attached hydrogen (secondary N) is 2. The first-order valence-electron chi connectivity index (χ1n) is 7.56. The van der Waals surface area contributed by atoms with Crippen LogP contribution in [0.4, 0.5) is 16.2 Å². The van der Waals surface area contributed by atoms with E-state index >= 15 is 0 Å². The van der Waals surface area contributed by atoms with Crippen LogP contribution in [0.2, 0.25) is 0 Å². The van der Waals surface area contributed by atoms with Crippen LogP contribution < -0.4 is 15.4 Å². The van der Waals surface area contributed by atoms with Crippen LogP contribution in [0.15, 0.2) is 36.7 Å². The predicted molar refractivity (Wildman–Crippen MR) is 85.2 cm³/mol. The van der Waals surface area contributed by atoms with Crippen molar-refractivity contribution >= 4 is 17.4 Å². The number of anilines is 2. The molecule has 6 nitrogen and oxygen atoms in total.